The van der Waals surface area contributed by atoms with Crippen molar-refractivity contribution in [2.24, 2.45) is 0 Å². The van der Waals surface area contributed by atoms with Crippen molar-refractivity contribution in [3.63, 3.8) is 0 Å². The number of nitrogens with zero attached hydrogens (tertiary/aromatic N) is 3. The fourth-order valence-electron chi connectivity index (χ4n) is 10.2. The Labute approximate surface area is 334 Å². The van der Waals surface area contributed by atoms with Crippen LogP contribution in [0.3, 0.4) is 0 Å². The second kappa shape index (κ2) is 13.5. The minimum absolute atomic E-state index is 0.0663. The Hall–Kier alpha value is -5.09. The lowest BCUT2D eigenvalue weighted by Gasteiger charge is -2.62. The second-order valence-corrected chi connectivity index (χ2v) is 16.5. The first-order chi connectivity index (χ1) is 27.7. The second-order valence-electron chi connectivity index (χ2n) is 15.4. The normalized spacial score (nSPS) is 28.4. The number of ether oxygens (including phenoxy) is 6. The monoisotopic (exact) mass is 824 g/mol. The number of phenolic OH excluding ortho intramolecular Hbond substituents is 2. The Bertz CT molecular complexity index is 2340. The number of piperazine rings is 1. The van der Waals surface area contributed by atoms with Crippen LogP contribution in [-0.4, -0.2) is 103 Å². The maximum atomic E-state index is 14.7. The molecule has 3 aromatic rings. The molecule has 10 rings (SSSR count). The van der Waals surface area contributed by atoms with Crippen molar-refractivity contribution in [3.8, 4) is 46.3 Å². The average Bonchev–Trinajstić information content (AvgIpc) is 3.68. The maximum absolute atomic E-state index is 14.7. The molecule has 4 bridgehead atoms. The standard InChI is InChI=1S/C40H39F3N4O10S/c1-16-8-19-9-21-22(12-44)47-23-13-54-37(50)39(20-11-25(52-4)24(48)10-18(20)6-7-45-39)14-58-36(30(47)29(46(21)3)26(19)31(49)32(16)53-5)28-27(23)35-34(55-15-56-35)17(2)33(28)57-38(51)40(41,42)43/h8,10-11,21-23,29-30,36,45,48-49H,6-7,9,13-15H2,1-5H3/t21-,22+,23+,29+,30?,36-,39-/m1/s1. The summed E-state index contributed by atoms with van der Waals surface area (Å²) in [5.74, 6) is -3.17. The molecule has 1 unspecified atom stereocenters. The van der Waals surface area contributed by atoms with Crippen LogP contribution in [0.1, 0.15) is 61.8 Å². The molecule has 7 aliphatic rings. The number of aromatic hydroxyl groups is 2. The highest BCUT2D eigenvalue weighted by atomic mass is 32.2. The van der Waals surface area contributed by atoms with E-state index in [0.717, 1.165) is 5.56 Å². The zero-order chi connectivity index (χ0) is 41.2. The van der Waals surface area contributed by atoms with Gasteiger partial charge in [-0.1, -0.05) is 6.07 Å². The fraction of sp³-hybridized carbons (Fsp3) is 0.475. The third-order valence-electron chi connectivity index (χ3n) is 12.6. The van der Waals surface area contributed by atoms with Gasteiger partial charge in [-0.15, -0.1) is 11.8 Å². The summed E-state index contributed by atoms with van der Waals surface area (Å²) < 4.78 is 77.0. The highest BCUT2D eigenvalue weighted by Gasteiger charge is 2.62. The van der Waals surface area contributed by atoms with Gasteiger partial charge >= 0.3 is 18.1 Å². The zero-order valence-electron chi connectivity index (χ0n) is 32.0. The Morgan fingerprint density at radius 2 is 1.81 bits per heavy atom. The molecule has 3 aromatic carbocycles. The van der Waals surface area contributed by atoms with Crippen LogP contribution >= 0.6 is 11.8 Å². The van der Waals surface area contributed by atoms with Crippen molar-refractivity contribution >= 4 is 23.7 Å². The van der Waals surface area contributed by atoms with Crippen LogP contribution in [0.15, 0.2) is 18.2 Å². The smallest absolute Gasteiger partial charge is 0.491 e. The van der Waals surface area contributed by atoms with Gasteiger partial charge in [0.1, 0.15) is 18.4 Å². The van der Waals surface area contributed by atoms with Crippen molar-refractivity contribution in [1.82, 2.24) is 15.1 Å². The first-order valence-electron chi connectivity index (χ1n) is 18.6. The van der Waals surface area contributed by atoms with Gasteiger partial charge in [-0.25, -0.2) is 9.59 Å². The molecule has 58 heavy (non-hydrogen) atoms. The van der Waals surface area contributed by atoms with Crippen molar-refractivity contribution in [3.05, 3.63) is 62.7 Å². The summed E-state index contributed by atoms with van der Waals surface area (Å²) in [6.45, 7) is 2.91. The molecule has 7 aliphatic heterocycles. The maximum Gasteiger partial charge on any atom is 0.491 e. The number of carbonyl (C=O) groups is 2. The number of benzene rings is 3. The summed E-state index contributed by atoms with van der Waals surface area (Å²) in [5.41, 5.74) is 2.14. The largest absolute Gasteiger partial charge is 0.504 e. The summed E-state index contributed by atoms with van der Waals surface area (Å²) in [6, 6.07) is 3.63. The molecule has 306 valence electrons. The molecule has 0 aliphatic carbocycles. The van der Waals surface area contributed by atoms with E-state index in [1.165, 1.54) is 32.9 Å². The number of aryl methyl sites for hydroxylation is 1. The minimum Gasteiger partial charge on any atom is -0.504 e. The van der Waals surface area contributed by atoms with Gasteiger partial charge < -0.3 is 38.6 Å². The van der Waals surface area contributed by atoms with Gasteiger partial charge in [0.2, 0.25) is 6.79 Å². The molecule has 0 radical (unpaired) electrons. The summed E-state index contributed by atoms with van der Waals surface area (Å²) >= 11 is 1.21. The number of hydrogen-bond acceptors (Lipinski definition) is 15. The molecule has 1 spiro atoms. The molecule has 18 heteroatoms. The van der Waals surface area contributed by atoms with Gasteiger partial charge in [-0.05, 0) is 68.1 Å². The highest BCUT2D eigenvalue weighted by Crippen LogP contribution is 2.64. The SMILES string of the molecule is COc1cc2c(cc1O)CCN[C@]21CS[C@@H]2c3c(OC(=O)C(F)(F)F)c(C)c4c(c3[C@H](COC1=O)N1C2[C@@H]2c3c(cc(C)c(OC)c3O)C[C@H]([C@@H]1C#N)N2C)OCO4. The van der Waals surface area contributed by atoms with Crippen molar-refractivity contribution in [1.29, 1.82) is 5.26 Å². The summed E-state index contributed by atoms with van der Waals surface area (Å²) in [7, 11) is 4.68. The number of alkyl halides is 3. The van der Waals surface area contributed by atoms with E-state index in [-0.39, 0.29) is 69.5 Å². The van der Waals surface area contributed by atoms with Crippen molar-refractivity contribution < 1.29 is 61.4 Å². The third-order valence-corrected chi connectivity index (χ3v) is 14.1. The topological polar surface area (TPSA) is 172 Å². The number of carbonyl (C=O) groups excluding carboxylic acids is 2. The molecule has 0 aromatic heterocycles. The van der Waals surface area contributed by atoms with Crippen LogP contribution < -0.4 is 29.0 Å². The lowest BCUT2D eigenvalue weighted by atomic mass is 9.71. The Morgan fingerprint density at radius 1 is 1.05 bits per heavy atom. The van der Waals surface area contributed by atoms with Gasteiger partial charge in [-0.3, -0.25) is 15.1 Å². The minimum atomic E-state index is -5.36. The number of esters is 2. The first kappa shape index (κ1) is 38.4. The van der Waals surface area contributed by atoms with Gasteiger partial charge in [0.05, 0.1) is 37.6 Å². The van der Waals surface area contributed by atoms with E-state index in [2.05, 4.69) is 11.4 Å². The van der Waals surface area contributed by atoms with E-state index in [9.17, 15) is 38.2 Å². The first-order valence-corrected chi connectivity index (χ1v) is 19.7. The van der Waals surface area contributed by atoms with Crippen molar-refractivity contribution in [2.75, 3.05) is 47.0 Å². The van der Waals surface area contributed by atoms with Gasteiger partial charge in [0, 0.05) is 46.6 Å². The predicted molar refractivity (Wildman–Crippen MR) is 198 cm³/mol. The number of hydrogen-bond donors (Lipinski definition) is 3. The number of thioether (sulfide) groups is 1. The molecule has 7 heterocycles. The Morgan fingerprint density at radius 3 is 2.52 bits per heavy atom. The van der Waals surface area contributed by atoms with Gasteiger partial charge in [0.15, 0.2) is 40.0 Å². The number of nitrogens with one attached hydrogen (secondary N) is 1. The van der Waals surface area contributed by atoms with Crippen LogP contribution in [0.2, 0.25) is 0 Å². The molecule has 0 saturated carbocycles. The molecule has 3 N–H and O–H groups in total. The molecule has 0 amide bonds. The highest BCUT2D eigenvalue weighted by molar-refractivity contribution is 7.99. The number of halogens is 3. The zero-order valence-corrected chi connectivity index (χ0v) is 32.8. The van der Waals surface area contributed by atoms with E-state index < -0.39 is 65.7 Å². The van der Waals surface area contributed by atoms with E-state index in [0.29, 0.717) is 41.6 Å². The van der Waals surface area contributed by atoms with Crippen molar-refractivity contribution in [2.45, 2.75) is 73.9 Å². The summed E-state index contributed by atoms with van der Waals surface area (Å²) in [5, 5.41) is 36.3. The molecular formula is C40H39F3N4O10S. The van der Waals surface area contributed by atoms with Gasteiger partial charge in [-0.2, -0.15) is 18.4 Å². The molecule has 2 saturated heterocycles. The van der Waals surface area contributed by atoms with Crippen LogP contribution in [0.25, 0.3) is 0 Å². The number of fused-ring (bicyclic) bond motifs is 9. The number of nitriles is 1. The van der Waals surface area contributed by atoms with Crippen LogP contribution in [-0.2, 0) is 32.7 Å². The quantitative estimate of drug-likeness (QED) is 0.248. The summed E-state index contributed by atoms with van der Waals surface area (Å²) in [6.07, 6.45) is -4.55. The number of rotatable bonds is 3. The van der Waals surface area contributed by atoms with Crippen LogP contribution in [0.5, 0.6) is 40.2 Å². The molecule has 14 nitrogen and oxygen atoms in total. The number of methoxy groups -OCH3 is 2. The average molecular weight is 825 g/mol. The molecular weight excluding hydrogens is 786 g/mol. The third kappa shape index (κ3) is 5.28. The molecule has 2 fully saturated rings. The van der Waals surface area contributed by atoms with E-state index in [4.69, 9.17) is 28.4 Å². The van der Waals surface area contributed by atoms with E-state index >= 15 is 0 Å². The van der Waals surface area contributed by atoms with Gasteiger partial charge in [0.25, 0.3) is 0 Å². The molecule has 7 atom stereocenters. The number of likely N-dealkylation sites (N-methyl/N-ethyl adjacent to an activating group) is 1. The number of phenols is 2. The van der Waals surface area contributed by atoms with E-state index in [1.807, 2.05) is 29.8 Å². The Balaban J connectivity index is 1.34. The lowest BCUT2D eigenvalue weighted by Crippen LogP contribution is -2.69. The van der Waals surface area contributed by atoms with Crippen LogP contribution in [0.4, 0.5) is 13.2 Å². The van der Waals surface area contributed by atoms with Crippen LogP contribution in [0, 0.1) is 25.2 Å². The summed E-state index contributed by atoms with van der Waals surface area (Å²) in [4.78, 5) is 31.5. The predicted octanol–water partition coefficient (Wildman–Crippen LogP) is 4.53. The van der Waals surface area contributed by atoms with E-state index in [1.54, 1.807) is 12.1 Å². The fourth-order valence-corrected chi connectivity index (χ4v) is 11.9. The lowest BCUT2D eigenvalue weighted by molar-refractivity contribution is -0.189. The Kier molecular flexibility index (Phi) is 8.93.